The number of hydrogen-bond donors (Lipinski definition) is 4. The third-order valence-corrected chi connectivity index (χ3v) is 6.73. The molecule has 0 aliphatic heterocycles. The number of rotatable bonds is 15. The van der Waals surface area contributed by atoms with Gasteiger partial charge in [-0.1, -0.05) is 76.6 Å². The number of nitrogens with one attached hydrogen (secondary N) is 2. The predicted octanol–water partition coefficient (Wildman–Crippen LogP) is 3.54. The van der Waals surface area contributed by atoms with Gasteiger partial charge in [0.05, 0.1) is 25.4 Å². The van der Waals surface area contributed by atoms with E-state index >= 15 is 0 Å². The number of ether oxygens (including phenoxy) is 1. The lowest BCUT2D eigenvalue weighted by molar-refractivity contribution is -0.134. The molecule has 5 N–H and O–H groups in total. The van der Waals surface area contributed by atoms with Crippen LogP contribution in [0.2, 0.25) is 0 Å². The molecule has 0 saturated carbocycles. The van der Waals surface area contributed by atoms with Crippen LogP contribution in [0.25, 0.3) is 0 Å². The molecule has 2 rings (SSSR count). The van der Waals surface area contributed by atoms with E-state index in [1.165, 1.54) is 12.1 Å². The zero-order chi connectivity index (χ0) is 27.4. The first-order chi connectivity index (χ1) is 17.6. The van der Waals surface area contributed by atoms with E-state index in [0.29, 0.717) is 13.0 Å². The highest BCUT2D eigenvalue weighted by atomic mass is 19.1. The number of carbonyl (C=O) groups excluding carboxylic acids is 2. The molecule has 0 radical (unpaired) electrons. The zero-order valence-corrected chi connectivity index (χ0v) is 22.3. The third-order valence-electron chi connectivity index (χ3n) is 6.73. The number of carbonyl (C=O) groups is 2. The lowest BCUT2D eigenvalue weighted by Crippen LogP contribution is -2.52. The Balaban J connectivity index is 1.94. The third kappa shape index (κ3) is 10.2. The Kier molecular flexibility index (Phi) is 12.7. The second-order valence-electron chi connectivity index (χ2n) is 10.0. The summed E-state index contributed by atoms with van der Waals surface area (Å²) in [6, 6.07) is 14.2. The summed E-state index contributed by atoms with van der Waals surface area (Å²) in [5.41, 5.74) is 7.93. The summed E-state index contributed by atoms with van der Waals surface area (Å²) in [6.45, 7) is 8.44. The molecular formula is C29H42FN3O4. The Morgan fingerprint density at radius 3 is 2.24 bits per heavy atom. The number of halogens is 1. The van der Waals surface area contributed by atoms with Crippen LogP contribution in [0.1, 0.15) is 51.7 Å². The summed E-state index contributed by atoms with van der Waals surface area (Å²) in [6.07, 6.45) is -0.0969. The van der Waals surface area contributed by atoms with Crippen molar-refractivity contribution in [2.45, 2.75) is 71.9 Å². The van der Waals surface area contributed by atoms with Crippen LogP contribution in [0.4, 0.5) is 4.39 Å². The Morgan fingerprint density at radius 2 is 1.65 bits per heavy atom. The van der Waals surface area contributed by atoms with Crippen LogP contribution < -0.4 is 16.4 Å². The number of aliphatic hydroxyl groups is 1. The van der Waals surface area contributed by atoms with E-state index in [1.807, 2.05) is 58.0 Å². The van der Waals surface area contributed by atoms with Crippen molar-refractivity contribution in [2.75, 3.05) is 6.61 Å². The van der Waals surface area contributed by atoms with Gasteiger partial charge in [-0.05, 0) is 41.5 Å². The molecule has 0 bridgehead atoms. The quantitative estimate of drug-likeness (QED) is 0.290. The number of aliphatic hydroxyl groups excluding tert-OH is 1. The molecule has 0 aliphatic rings. The van der Waals surface area contributed by atoms with Crippen LogP contribution in [0, 0.1) is 23.6 Å². The Bertz CT molecular complexity index is 955. The standard InChI is InChI=1S/C29H42FN3O4/c1-5-20(4)27(29(36)32-16-21-11-13-23(30)14-12-21)33-28(35)24(19(2)3)15-26(34)25(31)18-37-17-22-9-7-6-8-10-22/h6-14,19-20,24-27,34H,5,15-18,31H2,1-4H3,(H,32,36)(H,33,35)/t20-,24-,25-,26-,27-/m0/s1. The van der Waals surface area contributed by atoms with Crippen LogP contribution in [-0.4, -0.2) is 41.7 Å². The lowest BCUT2D eigenvalue weighted by Gasteiger charge is -2.29. The normalized spacial score (nSPS) is 15.5. The van der Waals surface area contributed by atoms with E-state index in [1.54, 1.807) is 12.1 Å². The molecule has 2 aromatic rings. The van der Waals surface area contributed by atoms with Gasteiger partial charge in [0.25, 0.3) is 0 Å². The lowest BCUT2D eigenvalue weighted by atomic mass is 9.86. The van der Waals surface area contributed by atoms with Crippen LogP contribution in [0.5, 0.6) is 0 Å². The summed E-state index contributed by atoms with van der Waals surface area (Å²) < 4.78 is 18.8. The topological polar surface area (TPSA) is 114 Å². The molecule has 2 amide bonds. The largest absolute Gasteiger partial charge is 0.391 e. The second-order valence-corrected chi connectivity index (χ2v) is 10.0. The molecule has 0 spiro atoms. The van der Waals surface area contributed by atoms with Gasteiger partial charge in [0.15, 0.2) is 0 Å². The fourth-order valence-corrected chi connectivity index (χ4v) is 3.98. The Labute approximate surface area is 220 Å². The maximum Gasteiger partial charge on any atom is 0.243 e. The number of benzene rings is 2. The molecule has 5 atom stereocenters. The average Bonchev–Trinajstić information content (AvgIpc) is 2.89. The van der Waals surface area contributed by atoms with E-state index < -0.39 is 24.1 Å². The molecule has 2 aromatic carbocycles. The van der Waals surface area contributed by atoms with Crippen LogP contribution in [0.3, 0.4) is 0 Å². The maximum absolute atomic E-state index is 13.3. The zero-order valence-electron chi connectivity index (χ0n) is 22.3. The Morgan fingerprint density at radius 1 is 1.00 bits per heavy atom. The first-order valence-electron chi connectivity index (χ1n) is 13.0. The fourth-order valence-electron chi connectivity index (χ4n) is 3.98. The van der Waals surface area contributed by atoms with Crippen molar-refractivity contribution in [3.05, 3.63) is 71.5 Å². The van der Waals surface area contributed by atoms with Crippen molar-refractivity contribution in [1.82, 2.24) is 10.6 Å². The van der Waals surface area contributed by atoms with Gasteiger partial charge in [-0.25, -0.2) is 4.39 Å². The van der Waals surface area contributed by atoms with E-state index in [-0.39, 0.29) is 49.0 Å². The molecule has 0 saturated heterocycles. The average molecular weight is 516 g/mol. The molecule has 7 nitrogen and oxygen atoms in total. The summed E-state index contributed by atoms with van der Waals surface area (Å²) in [4.78, 5) is 26.3. The first-order valence-corrected chi connectivity index (χ1v) is 13.0. The van der Waals surface area contributed by atoms with E-state index in [4.69, 9.17) is 10.5 Å². The second kappa shape index (κ2) is 15.4. The molecule has 8 heteroatoms. The molecule has 204 valence electrons. The van der Waals surface area contributed by atoms with E-state index in [9.17, 15) is 19.1 Å². The van der Waals surface area contributed by atoms with E-state index in [0.717, 1.165) is 11.1 Å². The van der Waals surface area contributed by atoms with Gasteiger partial charge in [-0.2, -0.15) is 0 Å². The minimum absolute atomic E-state index is 0.0769. The van der Waals surface area contributed by atoms with Gasteiger partial charge in [0, 0.05) is 12.5 Å². The fraction of sp³-hybridized carbons (Fsp3) is 0.517. The minimum Gasteiger partial charge on any atom is -0.391 e. The Hall–Kier alpha value is -2.81. The van der Waals surface area contributed by atoms with Crippen molar-refractivity contribution in [3.8, 4) is 0 Å². The highest BCUT2D eigenvalue weighted by molar-refractivity contribution is 5.88. The van der Waals surface area contributed by atoms with Gasteiger partial charge < -0.3 is 26.2 Å². The van der Waals surface area contributed by atoms with Gasteiger partial charge in [-0.3, -0.25) is 9.59 Å². The van der Waals surface area contributed by atoms with Gasteiger partial charge >= 0.3 is 0 Å². The smallest absolute Gasteiger partial charge is 0.243 e. The maximum atomic E-state index is 13.3. The number of nitrogens with two attached hydrogens (primary N) is 1. The van der Waals surface area contributed by atoms with Gasteiger partial charge in [0.2, 0.25) is 11.8 Å². The SMILES string of the molecule is CC[C@H](C)[C@H](NC(=O)[C@@H](C[C@H](O)[C@@H](N)COCc1ccccc1)C(C)C)C(=O)NCc1ccc(F)cc1. The number of hydrogen-bond acceptors (Lipinski definition) is 5. The minimum atomic E-state index is -0.941. The highest BCUT2D eigenvalue weighted by Gasteiger charge is 2.32. The highest BCUT2D eigenvalue weighted by Crippen LogP contribution is 2.20. The summed E-state index contributed by atoms with van der Waals surface area (Å²) in [5.74, 6) is -1.67. The van der Waals surface area contributed by atoms with Crippen molar-refractivity contribution in [2.24, 2.45) is 23.5 Å². The molecule has 0 aliphatic carbocycles. The first kappa shape index (κ1) is 30.4. The molecule has 37 heavy (non-hydrogen) atoms. The molecule has 0 aromatic heterocycles. The van der Waals surface area contributed by atoms with Crippen molar-refractivity contribution in [1.29, 1.82) is 0 Å². The monoisotopic (exact) mass is 515 g/mol. The summed E-state index contributed by atoms with van der Waals surface area (Å²) in [5, 5.41) is 16.5. The van der Waals surface area contributed by atoms with Crippen molar-refractivity contribution < 1.29 is 23.8 Å². The predicted molar refractivity (Wildman–Crippen MR) is 143 cm³/mol. The van der Waals surface area contributed by atoms with Crippen LogP contribution in [0.15, 0.2) is 54.6 Å². The molecule has 0 fully saturated rings. The van der Waals surface area contributed by atoms with Crippen LogP contribution >= 0.6 is 0 Å². The molecular weight excluding hydrogens is 473 g/mol. The van der Waals surface area contributed by atoms with Crippen molar-refractivity contribution in [3.63, 3.8) is 0 Å². The summed E-state index contributed by atoms with van der Waals surface area (Å²) >= 11 is 0. The van der Waals surface area contributed by atoms with Crippen LogP contribution in [-0.2, 0) is 27.5 Å². The number of amides is 2. The van der Waals surface area contributed by atoms with E-state index in [2.05, 4.69) is 10.6 Å². The molecule has 0 heterocycles. The van der Waals surface area contributed by atoms with Crippen molar-refractivity contribution >= 4 is 11.8 Å². The summed E-state index contributed by atoms with van der Waals surface area (Å²) in [7, 11) is 0. The molecule has 0 unspecified atom stereocenters. The van der Waals surface area contributed by atoms with Gasteiger partial charge in [-0.15, -0.1) is 0 Å². The van der Waals surface area contributed by atoms with Gasteiger partial charge in [0.1, 0.15) is 11.9 Å².